The molecule has 1 aliphatic heterocycles. The molecule has 0 radical (unpaired) electrons. The van der Waals surface area contributed by atoms with Crippen LogP contribution in [0.15, 0.2) is 24.3 Å². The molecule has 12 heavy (non-hydrogen) atoms. The van der Waals surface area contributed by atoms with Crippen molar-refractivity contribution >= 4 is 0 Å². The van der Waals surface area contributed by atoms with Crippen LogP contribution in [0.3, 0.4) is 0 Å². The minimum absolute atomic E-state index is 0.338. The lowest BCUT2D eigenvalue weighted by Crippen LogP contribution is -2.16. The zero-order chi connectivity index (χ0) is 8.02. The molecule has 1 saturated heterocycles. The zero-order valence-corrected chi connectivity index (χ0v) is 6.75. The van der Waals surface area contributed by atoms with Gasteiger partial charge in [-0.15, -0.1) is 0 Å². The Morgan fingerprint density at radius 1 is 1.17 bits per heavy atom. The third-order valence-corrected chi connectivity index (χ3v) is 2.66. The molecule has 1 fully saturated rings. The van der Waals surface area contributed by atoms with E-state index in [0.717, 1.165) is 19.3 Å². The molecule has 1 heterocycles. The highest BCUT2D eigenvalue weighted by Crippen LogP contribution is 2.49. The molecular formula is C10H10O2. The molecule has 1 aliphatic carbocycles. The first-order chi connectivity index (χ1) is 5.91. The minimum Gasteiger partial charge on any atom is -0.189 e. The Morgan fingerprint density at radius 3 is 2.83 bits per heavy atom. The van der Waals surface area contributed by atoms with Crippen molar-refractivity contribution in [1.82, 2.24) is 0 Å². The van der Waals surface area contributed by atoms with Gasteiger partial charge in [0.25, 0.3) is 5.79 Å². The molecule has 1 spiro atoms. The molecule has 3 rings (SSSR count). The fourth-order valence-electron chi connectivity index (χ4n) is 1.98. The van der Waals surface area contributed by atoms with E-state index in [9.17, 15) is 0 Å². The summed E-state index contributed by atoms with van der Waals surface area (Å²) in [6, 6.07) is 8.36. The van der Waals surface area contributed by atoms with Crippen LogP contribution >= 0.6 is 0 Å². The summed E-state index contributed by atoms with van der Waals surface area (Å²) in [5.41, 5.74) is 2.61. The molecule has 0 N–H and O–H groups in total. The Hall–Kier alpha value is -0.860. The van der Waals surface area contributed by atoms with Crippen LogP contribution in [0.5, 0.6) is 0 Å². The number of aryl methyl sites for hydroxylation is 1. The van der Waals surface area contributed by atoms with Gasteiger partial charge in [-0.3, -0.25) is 0 Å². The average Bonchev–Trinajstić information content (AvgIpc) is 2.87. The number of hydrogen-bond acceptors (Lipinski definition) is 2. The van der Waals surface area contributed by atoms with Crippen LogP contribution in [0.4, 0.5) is 0 Å². The lowest BCUT2D eigenvalue weighted by atomic mass is 9.88. The third-order valence-electron chi connectivity index (χ3n) is 2.66. The van der Waals surface area contributed by atoms with Gasteiger partial charge in [-0.25, -0.2) is 0 Å². The van der Waals surface area contributed by atoms with E-state index < -0.39 is 0 Å². The Kier molecular flexibility index (Phi) is 1.15. The summed E-state index contributed by atoms with van der Waals surface area (Å²) in [5, 5.41) is 0. The molecule has 0 amide bonds. The molecule has 0 atom stereocenters. The standard InChI is InChI=1S/C10H10O2/c1-2-6-9-8(4-1)5-3-7-10(9)11-12-10/h1-2,4,6H,3,5,7H2. The first-order valence-electron chi connectivity index (χ1n) is 4.36. The van der Waals surface area contributed by atoms with Gasteiger partial charge >= 0.3 is 0 Å². The van der Waals surface area contributed by atoms with Crippen molar-refractivity contribution in [3.8, 4) is 0 Å². The largest absolute Gasteiger partial charge is 0.259 e. The van der Waals surface area contributed by atoms with E-state index in [-0.39, 0.29) is 5.79 Å². The van der Waals surface area contributed by atoms with Gasteiger partial charge in [-0.2, -0.15) is 9.78 Å². The third kappa shape index (κ3) is 0.765. The van der Waals surface area contributed by atoms with Crippen LogP contribution in [0, 0.1) is 0 Å². The zero-order valence-electron chi connectivity index (χ0n) is 6.75. The van der Waals surface area contributed by atoms with Crippen molar-refractivity contribution in [2.45, 2.75) is 25.0 Å². The maximum atomic E-state index is 5.06. The molecule has 62 valence electrons. The molecule has 2 heteroatoms. The Bertz CT molecular complexity index is 315. The summed E-state index contributed by atoms with van der Waals surface area (Å²) < 4.78 is 0. The Labute approximate surface area is 71.0 Å². The van der Waals surface area contributed by atoms with Gasteiger partial charge in [0.05, 0.1) is 0 Å². The van der Waals surface area contributed by atoms with Gasteiger partial charge in [0, 0.05) is 12.0 Å². The van der Waals surface area contributed by atoms with Crippen LogP contribution < -0.4 is 0 Å². The van der Waals surface area contributed by atoms with E-state index in [2.05, 4.69) is 18.2 Å². The fourth-order valence-corrected chi connectivity index (χ4v) is 1.98. The van der Waals surface area contributed by atoms with Crippen LogP contribution in [-0.2, 0) is 22.0 Å². The van der Waals surface area contributed by atoms with Crippen molar-refractivity contribution in [1.29, 1.82) is 0 Å². The van der Waals surface area contributed by atoms with E-state index >= 15 is 0 Å². The summed E-state index contributed by atoms with van der Waals surface area (Å²) in [6.45, 7) is 0. The van der Waals surface area contributed by atoms with Crippen LogP contribution in [0.2, 0.25) is 0 Å². The topological polar surface area (TPSA) is 25.1 Å². The SMILES string of the molecule is c1ccc2c(c1)CCCC21OO1. The van der Waals surface area contributed by atoms with Crippen molar-refractivity contribution in [3.05, 3.63) is 35.4 Å². The minimum atomic E-state index is -0.338. The molecule has 2 aliphatic rings. The van der Waals surface area contributed by atoms with Gasteiger partial charge in [0.1, 0.15) is 0 Å². The van der Waals surface area contributed by atoms with Gasteiger partial charge in [0.2, 0.25) is 0 Å². The lowest BCUT2D eigenvalue weighted by molar-refractivity contribution is 0.0850. The van der Waals surface area contributed by atoms with E-state index in [1.54, 1.807) is 0 Å². The molecule has 0 bridgehead atoms. The maximum absolute atomic E-state index is 5.06. The van der Waals surface area contributed by atoms with E-state index in [4.69, 9.17) is 9.78 Å². The first kappa shape index (κ1) is 6.63. The highest BCUT2D eigenvalue weighted by molar-refractivity contribution is 5.34. The van der Waals surface area contributed by atoms with E-state index in [1.807, 2.05) is 6.07 Å². The van der Waals surface area contributed by atoms with Crippen molar-refractivity contribution in [2.75, 3.05) is 0 Å². The summed E-state index contributed by atoms with van der Waals surface area (Å²) in [5.74, 6) is -0.338. The Morgan fingerprint density at radius 2 is 2.00 bits per heavy atom. The van der Waals surface area contributed by atoms with Gasteiger partial charge in [0.15, 0.2) is 0 Å². The molecular weight excluding hydrogens is 152 g/mol. The number of fused-ring (bicyclic) bond motifs is 2. The van der Waals surface area contributed by atoms with Crippen molar-refractivity contribution < 1.29 is 9.78 Å². The van der Waals surface area contributed by atoms with Gasteiger partial charge < -0.3 is 0 Å². The summed E-state index contributed by atoms with van der Waals surface area (Å²) in [7, 11) is 0. The summed E-state index contributed by atoms with van der Waals surface area (Å²) in [6.07, 6.45) is 3.33. The number of hydrogen-bond donors (Lipinski definition) is 0. The molecule has 2 nitrogen and oxygen atoms in total. The smallest absolute Gasteiger partial charge is 0.189 e. The highest BCUT2D eigenvalue weighted by Gasteiger charge is 2.52. The van der Waals surface area contributed by atoms with Crippen LogP contribution in [0.1, 0.15) is 24.0 Å². The van der Waals surface area contributed by atoms with Crippen molar-refractivity contribution in [3.63, 3.8) is 0 Å². The average molecular weight is 162 g/mol. The second-order valence-corrected chi connectivity index (χ2v) is 3.43. The normalized spacial score (nSPS) is 23.7. The second kappa shape index (κ2) is 2.09. The highest BCUT2D eigenvalue weighted by atomic mass is 17.4. The van der Waals surface area contributed by atoms with E-state index in [0.29, 0.717) is 0 Å². The number of rotatable bonds is 0. The first-order valence-corrected chi connectivity index (χ1v) is 4.36. The van der Waals surface area contributed by atoms with Crippen molar-refractivity contribution in [2.24, 2.45) is 0 Å². The molecule has 0 unspecified atom stereocenters. The summed E-state index contributed by atoms with van der Waals surface area (Å²) in [4.78, 5) is 10.1. The van der Waals surface area contributed by atoms with Crippen LogP contribution in [-0.4, -0.2) is 0 Å². The quantitative estimate of drug-likeness (QED) is 0.431. The van der Waals surface area contributed by atoms with Gasteiger partial charge in [-0.05, 0) is 18.4 Å². The van der Waals surface area contributed by atoms with E-state index in [1.165, 1.54) is 11.1 Å². The maximum Gasteiger partial charge on any atom is 0.259 e. The fraction of sp³-hybridized carbons (Fsp3) is 0.400. The summed E-state index contributed by atoms with van der Waals surface area (Å²) >= 11 is 0. The molecule has 0 aromatic heterocycles. The second-order valence-electron chi connectivity index (χ2n) is 3.43. The number of benzene rings is 1. The van der Waals surface area contributed by atoms with Crippen LogP contribution in [0.25, 0.3) is 0 Å². The molecule has 1 aromatic carbocycles. The van der Waals surface area contributed by atoms with Gasteiger partial charge in [-0.1, -0.05) is 24.3 Å². The molecule has 0 saturated carbocycles. The molecule has 1 aromatic rings. The predicted molar refractivity (Wildman–Crippen MR) is 43.2 cm³/mol. The Balaban J connectivity index is 2.16. The monoisotopic (exact) mass is 162 g/mol. The lowest BCUT2D eigenvalue weighted by Gasteiger charge is -2.17. The predicted octanol–water partition coefficient (Wildman–Crippen LogP) is 2.14.